The molecule has 0 fully saturated rings. The summed E-state index contributed by atoms with van der Waals surface area (Å²) in [5.74, 6) is 8.89. The van der Waals surface area contributed by atoms with E-state index in [1.54, 1.807) is 7.11 Å². The molecular formula is C13H18N2O. The minimum absolute atomic E-state index is 0.187. The molecule has 1 unspecified atom stereocenters. The van der Waals surface area contributed by atoms with E-state index in [4.69, 9.17) is 17.0 Å². The Morgan fingerprint density at radius 2 is 2.12 bits per heavy atom. The first kappa shape index (κ1) is 12.6. The number of hydrogen-bond acceptors (Lipinski definition) is 3. The van der Waals surface area contributed by atoms with Gasteiger partial charge in [-0.1, -0.05) is 12.1 Å². The number of hydrogen-bond donors (Lipinski definition) is 2. The van der Waals surface area contributed by atoms with Crippen LogP contribution in [-0.2, 0) is 6.42 Å². The average molecular weight is 218 g/mol. The summed E-state index contributed by atoms with van der Waals surface area (Å²) in [6.07, 6.45) is 7.81. The van der Waals surface area contributed by atoms with Crippen molar-refractivity contribution in [3.8, 4) is 18.1 Å². The zero-order valence-electron chi connectivity index (χ0n) is 9.57. The Labute approximate surface area is 97.0 Å². The molecule has 3 N–H and O–H groups in total. The quantitative estimate of drug-likeness (QED) is 0.432. The third-order valence-electron chi connectivity index (χ3n) is 2.54. The lowest BCUT2D eigenvalue weighted by molar-refractivity contribution is 0.414. The van der Waals surface area contributed by atoms with Crippen molar-refractivity contribution in [2.75, 3.05) is 7.11 Å². The van der Waals surface area contributed by atoms with Crippen LogP contribution < -0.4 is 16.0 Å². The van der Waals surface area contributed by atoms with Gasteiger partial charge in [0.05, 0.1) is 7.11 Å². The van der Waals surface area contributed by atoms with Crippen molar-refractivity contribution in [1.29, 1.82) is 0 Å². The minimum Gasteiger partial charge on any atom is -0.497 e. The summed E-state index contributed by atoms with van der Waals surface area (Å²) in [5.41, 5.74) is 3.99. The van der Waals surface area contributed by atoms with Gasteiger partial charge < -0.3 is 4.74 Å². The number of hydrazine groups is 1. The van der Waals surface area contributed by atoms with Crippen LogP contribution in [0.4, 0.5) is 0 Å². The second-order valence-corrected chi connectivity index (χ2v) is 3.66. The SMILES string of the molecule is C#CCC(CCc1ccc(OC)cc1)NN. The summed E-state index contributed by atoms with van der Waals surface area (Å²) < 4.78 is 5.10. The largest absolute Gasteiger partial charge is 0.497 e. The van der Waals surface area contributed by atoms with Crippen molar-refractivity contribution in [1.82, 2.24) is 5.43 Å². The van der Waals surface area contributed by atoms with Crippen molar-refractivity contribution >= 4 is 0 Å². The number of benzene rings is 1. The molecule has 0 aromatic heterocycles. The summed E-state index contributed by atoms with van der Waals surface area (Å²) >= 11 is 0. The number of aryl methyl sites for hydroxylation is 1. The van der Waals surface area contributed by atoms with Crippen LogP contribution in [0.25, 0.3) is 0 Å². The van der Waals surface area contributed by atoms with Crippen molar-refractivity contribution in [3.63, 3.8) is 0 Å². The maximum absolute atomic E-state index is 5.40. The number of rotatable bonds is 6. The molecule has 1 rings (SSSR count). The molecule has 0 radical (unpaired) electrons. The monoisotopic (exact) mass is 218 g/mol. The highest BCUT2D eigenvalue weighted by atomic mass is 16.5. The van der Waals surface area contributed by atoms with Gasteiger partial charge in [0, 0.05) is 12.5 Å². The van der Waals surface area contributed by atoms with Crippen LogP contribution in [0.3, 0.4) is 0 Å². The van der Waals surface area contributed by atoms with Crippen LogP contribution in [0.1, 0.15) is 18.4 Å². The first-order chi connectivity index (χ1) is 7.80. The highest BCUT2D eigenvalue weighted by Gasteiger charge is 2.04. The summed E-state index contributed by atoms with van der Waals surface area (Å²) in [5, 5.41) is 0. The lowest BCUT2D eigenvalue weighted by Crippen LogP contribution is -2.35. The van der Waals surface area contributed by atoms with Gasteiger partial charge >= 0.3 is 0 Å². The average Bonchev–Trinajstić information content (AvgIpc) is 2.35. The Morgan fingerprint density at radius 3 is 2.62 bits per heavy atom. The Balaban J connectivity index is 2.44. The highest BCUT2D eigenvalue weighted by Crippen LogP contribution is 2.13. The summed E-state index contributed by atoms with van der Waals surface area (Å²) in [7, 11) is 1.66. The first-order valence-corrected chi connectivity index (χ1v) is 5.32. The van der Waals surface area contributed by atoms with Crippen LogP contribution in [0.15, 0.2) is 24.3 Å². The molecule has 0 saturated heterocycles. The maximum Gasteiger partial charge on any atom is 0.118 e. The van der Waals surface area contributed by atoms with Crippen molar-refractivity contribution in [3.05, 3.63) is 29.8 Å². The topological polar surface area (TPSA) is 47.3 Å². The van der Waals surface area contributed by atoms with Gasteiger partial charge in [-0.2, -0.15) is 0 Å². The third-order valence-corrected chi connectivity index (χ3v) is 2.54. The molecule has 3 nitrogen and oxygen atoms in total. The molecule has 0 heterocycles. The molecule has 0 bridgehead atoms. The van der Waals surface area contributed by atoms with Gasteiger partial charge in [-0.05, 0) is 30.5 Å². The fourth-order valence-electron chi connectivity index (χ4n) is 1.52. The standard InChI is InChI=1S/C13H18N2O/c1-3-4-12(15-14)8-5-11-6-9-13(16-2)10-7-11/h1,6-7,9-10,12,15H,4-5,8,14H2,2H3. The van der Waals surface area contributed by atoms with Gasteiger partial charge in [0.2, 0.25) is 0 Å². The van der Waals surface area contributed by atoms with Crippen LogP contribution in [-0.4, -0.2) is 13.2 Å². The Morgan fingerprint density at radius 1 is 1.44 bits per heavy atom. The lowest BCUT2D eigenvalue weighted by Gasteiger charge is -2.12. The second kappa shape index (κ2) is 6.89. The number of terminal acetylenes is 1. The maximum atomic E-state index is 5.40. The Hall–Kier alpha value is -1.50. The molecule has 0 saturated carbocycles. The zero-order valence-corrected chi connectivity index (χ0v) is 9.57. The lowest BCUT2D eigenvalue weighted by atomic mass is 10.0. The molecule has 0 aliphatic carbocycles. The van der Waals surface area contributed by atoms with E-state index in [1.807, 2.05) is 12.1 Å². The molecule has 0 aliphatic heterocycles. The molecule has 0 spiro atoms. The number of ether oxygens (including phenoxy) is 1. The van der Waals surface area contributed by atoms with E-state index in [-0.39, 0.29) is 6.04 Å². The summed E-state index contributed by atoms with van der Waals surface area (Å²) in [6.45, 7) is 0. The van der Waals surface area contributed by atoms with Crippen molar-refractivity contribution in [2.45, 2.75) is 25.3 Å². The molecule has 16 heavy (non-hydrogen) atoms. The summed E-state index contributed by atoms with van der Waals surface area (Å²) in [6, 6.07) is 8.22. The molecule has 0 amide bonds. The molecule has 1 atom stereocenters. The van der Waals surface area contributed by atoms with Crippen LogP contribution >= 0.6 is 0 Å². The molecule has 0 aliphatic rings. The van der Waals surface area contributed by atoms with E-state index in [0.717, 1.165) is 18.6 Å². The normalized spacial score (nSPS) is 11.8. The number of nitrogens with one attached hydrogen (secondary N) is 1. The molecule has 1 aromatic rings. The first-order valence-electron chi connectivity index (χ1n) is 5.32. The van der Waals surface area contributed by atoms with Gasteiger partial charge in [0.1, 0.15) is 5.75 Å². The predicted octanol–water partition coefficient (Wildman–Crippen LogP) is 1.48. The molecule has 3 heteroatoms. The molecular weight excluding hydrogens is 200 g/mol. The molecule has 86 valence electrons. The van der Waals surface area contributed by atoms with E-state index in [0.29, 0.717) is 6.42 Å². The van der Waals surface area contributed by atoms with Gasteiger partial charge in [-0.25, -0.2) is 0 Å². The number of methoxy groups -OCH3 is 1. The smallest absolute Gasteiger partial charge is 0.118 e. The number of nitrogens with two attached hydrogens (primary N) is 1. The predicted molar refractivity (Wildman–Crippen MR) is 65.9 cm³/mol. The summed E-state index contributed by atoms with van der Waals surface area (Å²) in [4.78, 5) is 0. The van der Waals surface area contributed by atoms with E-state index >= 15 is 0 Å². The molecule has 1 aromatic carbocycles. The van der Waals surface area contributed by atoms with Gasteiger partial charge in [0.15, 0.2) is 0 Å². The van der Waals surface area contributed by atoms with Gasteiger partial charge in [0.25, 0.3) is 0 Å². The fraction of sp³-hybridized carbons (Fsp3) is 0.385. The Bertz CT molecular complexity index is 340. The van der Waals surface area contributed by atoms with Crippen LogP contribution in [0, 0.1) is 12.3 Å². The van der Waals surface area contributed by atoms with Crippen molar-refractivity contribution in [2.24, 2.45) is 5.84 Å². The van der Waals surface area contributed by atoms with Crippen molar-refractivity contribution < 1.29 is 4.74 Å². The minimum atomic E-state index is 0.187. The van der Waals surface area contributed by atoms with Crippen LogP contribution in [0.2, 0.25) is 0 Å². The van der Waals surface area contributed by atoms with Gasteiger partial charge in [-0.15, -0.1) is 12.3 Å². The van der Waals surface area contributed by atoms with E-state index in [9.17, 15) is 0 Å². The van der Waals surface area contributed by atoms with E-state index in [1.165, 1.54) is 5.56 Å². The fourth-order valence-corrected chi connectivity index (χ4v) is 1.52. The highest BCUT2D eigenvalue weighted by molar-refractivity contribution is 5.27. The zero-order chi connectivity index (χ0) is 11.8. The van der Waals surface area contributed by atoms with Crippen LogP contribution in [0.5, 0.6) is 5.75 Å². The third kappa shape index (κ3) is 3.93. The van der Waals surface area contributed by atoms with E-state index in [2.05, 4.69) is 23.5 Å². The second-order valence-electron chi connectivity index (χ2n) is 3.66. The van der Waals surface area contributed by atoms with Gasteiger partial charge in [-0.3, -0.25) is 11.3 Å². The van der Waals surface area contributed by atoms with E-state index < -0.39 is 0 Å². The Kier molecular flexibility index (Phi) is 5.41.